The number of carbonyl (C=O) groups is 2. The molecule has 3 aromatic rings. The lowest BCUT2D eigenvalue weighted by atomic mass is 10.0. The zero-order valence-corrected chi connectivity index (χ0v) is 16.0. The summed E-state index contributed by atoms with van der Waals surface area (Å²) in [6.45, 7) is 1.93. The lowest BCUT2D eigenvalue weighted by Crippen LogP contribution is -2.36. The second-order valence-electron chi connectivity index (χ2n) is 6.73. The van der Waals surface area contributed by atoms with Gasteiger partial charge in [0.1, 0.15) is 11.9 Å². The van der Waals surface area contributed by atoms with E-state index in [4.69, 9.17) is 16.6 Å². The molecule has 1 aliphatic heterocycles. The molecule has 0 saturated carbocycles. The van der Waals surface area contributed by atoms with E-state index in [1.807, 2.05) is 61.5 Å². The van der Waals surface area contributed by atoms with Gasteiger partial charge in [0, 0.05) is 22.7 Å². The Bertz CT molecular complexity index is 999. The SMILES string of the molecule is Cc1[nH]c(C(Cc2ccccc2)N2C(=O)CNC2=O)nc1-c1ccc(Cl)cc1. The van der Waals surface area contributed by atoms with E-state index in [-0.39, 0.29) is 12.5 Å². The normalized spacial score (nSPS) is 15.0. The topological polar surface area (TPSA) is 78.1 Å². The maximum atomic E-state index is 12.4. The molecule has 7 heteroatoms. The standard InChI is InChI=1S/C21H19ClN4O2/c1-13-19(15-7-9-16(22)10-8-15)25-20(24-13)17(11-14-5-3-2-4-6-14)26-18(27)12-23-21(26)28/h2-10,17H,11-12H2,1H3,(H,23,28)(H,24,25). The molecule has 0 bridgehead atoms. The molecule has 2 N–H and O–H groups in total. The highest BCUT2D eigenvalue weighted by Crippen LogP contribution is 2.30. The molecule has 0 aliphatic carbocycles. The first kappa shape index (κ1) is 18.3. The predicted octanol–water partition coefficient (Wildman–Crippen LogP) is 3.87. The van der Waals surface area contributed by atoms with Gasteiger partial charge in [-0.15, -0.1) is 0 Å². The van der Waals surface area contributed by atoms with Crippen LogP contribution in [0, 0.1) is 6.92 Å². The number of hydrogen-bond acceptors (Lipinski definition) is 3. The summed E-state index contributed by atoms with van der Waals surface area (Å²) >= 11 is 5.99. The fourth-order valence-corrected chi connectivity index (χ4v) is 3.55. The summed E-state index contributed by atoms with van der Waals surface area (Å²) in [5, 5.41) is 3.25. The molecule has 1 aromatic heterocycles. The molecule has 2 aromatic carbocycles. The highest BCUT2D eigenvalue weighted by atomic mass is 35.5. The second kappa shape index (κ2) is 7.48. The van der Waals surface area contributed by atoms with Crippen molar-refractivity contribution in [3.63, 3.8) is 0 Å². The minimum Gasteiger partial charge on any atom is -0.344 e. The van der Waals surface area contributed by atoms with Crippen LogP contribution in [0.15, 0.2) is 54.6 Å². The van der Waals surface area contributed by atoms with Gasteiger partial charge in [-0.25, -0.2) is 9.78 Å². The molecule has 1 saturated heterocycles. The summed E-state index contributed by atoms with van der Waals surface area (Å²) in [6, 6.07) is 16.3. The van der Waals surface area contributed by atoms with Crippen LogP contribution in [0.2, 0.25) is 5.02 Å². The summed E-state index contributed by atoms with van der Waals surface area (Å²) in [6.07, 6.45) is 0.479. The Morgan fingerprint density at radius 2 is 1.82 bits per heavy atom. The van der Waals surface area contributed by atoms with E-state index in [1.165, 1.54) is 4.90 Å². The van der Waals surface area contributed by atoms with Crippen LogP contribution in [0.25, 0.3) is 11.3 Å². The van der Waals surface area contributed by atoms with Crippen molar-refractivity contribution in [2.45, 2.75) is 19.4 Å². The van der Waals surface area contributed by atoms with E-state index in [0.717, 1.165) is 22.5 Å². The predicted molar refractivity (Wildman–Crippen MR) is 107 cm³/mol. The average Bonchev–Trinajstić information content (AvgIpc) is 3.24. The van der Waals surface area contributed by atoms with Gasteiger partial charge in [0.05, 0.1) is 12.2 Å². The smallest absolute Gasteiger partial charge is 0.325 e. The molecule has 1 unspecified atom stereocenters. The molecule has 4 rings (SSSR count). The van der Waals surface area contributed by atoms with Gasteiger partial charge in [0.25, 0.3) is 5.91 Å². The van der Waals surface area contributed by atoms with Gasteiger partial charge in [-0.2, -0.15) is 0 Å². The molecule has 1 atom stereocenters. The number of amides is 3. The van der Waals surface area contributed by atoms with E-state index in [9.17, 15) is 9.59 Å². The van der Waals surface area contributed by atoms with Crippen molar-refractivity contribution in [1.82, 2.24) is 20.2 Å². The highest BCUT2D eigenvalue weighted by molar-refractivity contribution is 6.30. The minimum absolute atomic E-state index is 0.00779. The van der Waals surface area contributed by atoms with Crippen molar-refractivity contribution >= 4 is 23.5 Å². The summed E-state index contributed by atoms with van der Waals surface area (Å²) in [4.78, 5) is 34.0. The first-order chi connectivity index (χ1) is 13.5. The number of imide groups is 1. The Balaban J connectivity index is 1.74. The van der Waals surface area contributed by atoms with Crippen LogP contribution in [0.3, 0.4) is 0 Å². The number of aromatic nitrogens is 2. The molecule has 6 nitrogen and oxygen atoms in total. The molecule has 0 spiro atoms. The molecular weight excluding hydrogens is 376 g/mol. The number of nitrogens with one attached hydrogen (secondary N) is 2. The number of halogens is 1. The third-order valence-electron chi connectivity index (χ3n) is 4.80. The lowest BCUT2D eigenvalue weighted by molar-refractivity contribution is -0.126. The van der Waals surface area contributed by atoms with Crippen molar-refractivity contribution in [3.05, 3.63) is 76.7 Å². The number of carbonyl (C=O) groups excluding carboxylic acids is 2. The number of hydrogen-bond donors (Lipinski definition) is 2. The number of urea groups is 1. The number of rotatable bonds is 5. The Morgan fingerprint density at radius 3 is 2.46 bits per heavy atom. The van der Waals surface area contributed by atoms with Crippen molar-refractivity contribution in [2.24, 2.45) is 0 Å². The average molecular weight is 395 g/mol. The summed E-state index contributed by atoms with van der Waals surface area (Å²) in [5.41, 5.74) is 3.57. The van der Waals surface area contributed by atoms with Crippen LogP contribution in [0.5, 0.6) is 0 Å². The van der Waals surface area contributed by atoms with Gasteiger partial charge in [-0.3, -0.25) is 9.69 Å². The van der Waals surface area contributed by atoms with Crippen LogP contribution in [-0.2, 0) is 11.2 Å². The van der Waals surface area contributed by atoms with Crippen molar-refractivity contribution < 1.29 is 9.59 Å². The fourth-order valence-electron chi connectivity index (χ4n) is 3.43. The zero-order chi connectivity index (χ0) is 19.7. The molecule has 2 heterocycles. The number of aryl methyl sites for hydroxylation is 1. The third-order valence-corrected chi connectivity index (χ3v) is 5.05. The van der Waals surface area contributed by atoms with Gasteiger partial charge in [0.15, 0.2) is 0 Å². The van der Waals surface area contributed by atoms with E-state index >= 15 is 0 Å². The second-order valence-corrected chi connectivity index (χ2v) is 7.17. The zero-order valence-electron chi connectivity index (χ0n) is 15.3. The summed E-state index contributed by atoms with van der Waals surface area (Å²) in [5.74, 6) is 0.324. The monoisotopic (exact) mass is 394 g/mol. The largest absolute Gasteiger partial charge is 0.344 e. The fraction of sp³-hybridized carbons (Fsp3) is 0.190. The van der Waals surface area contributed by atoms with Gasteiger partial charge < -0.3 is 10.3 Å². The van der Waals surface area contributed by atoms with E-state index in [2.05, 4.69) is 10.3 Å². The lowest BCUT2D eigenvalue weighted by Gasteiger charge is -2.23. The quantitative estimate of drug-likeness (QED) is 0.645. The Hall–Kier alpha value is -3.12. The first-order valence-electron chi connectivity index (χ1n) is 8.99. The first-order valence-corrected chi connectivity index (χ1v) is 9.37. The van der Waals surface area contributed by atoms with Gasteiger partial charge in [0.2, 0.25) is 0 Å². The van der Waals surface area contributed by atoms with E-state index in [0.29, 0.717) is 17.3 Å². The van der Waals surface area contributed by atoms with Crippen LogP contribution >= 0.6 is 11.6 Å². The minimum atomic E-state index is -0.517. The van der Waals surface area contributed by atoms with Crippen LogP contribution < -0.4 is 5.32 Å². The van der Waals surface area contributed by atoms with Crippen LogP contribution in [0.1, 0.15) is 23.1 Å². The van der Waals surface area contributed by atoms with E-state index in [1.54, 1.807) is 0 Å². The Labute approximate surface area is 167 Å². The number of nitrogens with zero attached hydrogens (tertiary/aromatic N) is 2. The maximum absolute atomic E-state index is 12.4. The molecule has 28 heavy (non-hydrogen) atoms. The van der Waals surface area contributed by atoms with Crippen LogP contribution in [0.4, 0.5) is 4.79 Å². The number of imidazole rings is 1. The maximum Gasteiger partial charge on any atom is 0.325 e. The molecule has 142 valence electrons. The van der Waals surface area contributed by atoms with Gasteiger partial charge >= 0.3 is 6.03 Å². The summed E-state index contributed by atoms with van der Waals surface area (Å²) in [7, 11) is 0. The molecule has 0 radical (unpaired) electrons. The van der Waals surface area contributed by atoms with Crippen molar-refractivity contribution in [2.75, 3.05) is 6.54 Å². The Morgan fingerprint density at radius 1 is 1.11 bits per heavy atom. The Kier molecular flexibility index (Phi) is 4.88. The van der Waals surface area contributed by atoms with Gasteiger partial charge in [-0.05, 0) is 24.6 Å². The van der Waals surface area contributed by atoms with Gasteiger partial charge in [-0.1, -0.05) is 54.1 Å². The van der Waals surface area contributed by atoms with E-state index < -0.39 is 12.1 Å². The molecule has 1 aliphatic rings. The summed E-state index contributed by atoms with van der Waals surface area (Å²) < 4.78 is 0. The molecular formula is C21H19ClN4O2. The van der Waals surface area contributed by atoms with Crippen molar-refractivity contribution in [3.8, 4) is 11.3 Å². The third kappa shape index (κ3) is 3.51. The number of H-pyrrole nitrogens is 1. The molecule has 3 amide bonds. The van der Waals surface area contributed by atoms with Crippen molar-refractivity contribution in [1.29, 1.82) is 0 Å². The van der Waals surface area contributed by atoms with Crippen LogP contribution in [-0.4, -0.2) is 33.4 Å². The molecule has 1 fully saturated rings. The number of aromatic amines is 1. The highest BCUT2D eigenvalue weighted by Gasteiger charge is 2.37. The number of benzene rings is 2.